The fourth-order valence-electron chi connectivity index (χ4n) is 2.31. The zero-order chi connectivity index (χ0) is 15.2. The van der Waals surface area contributed by atoms with Gasteiger partial charge in [-0.05, 0) is 26.0 Å². The van der Waals surface area contributed by atoms with Crippen LogP contribution < -0.4 is 19.7 Å². The first kappa shape index (κ1) is 16.1. The second kappa shape index (κ2) is 7.66. The summed E-state index contributed by atoms with van der Waals surface area (Å²) >= 11 is 3.58. The molecule has 2 rings (SSSR count). The smallest absolute Gasteiger partial charge is 0.275 e. The van der Waals surface area contributed by atoms with Crippen molar-refractivity contribution in [3.05, 3.63) is 22.2 Å². The van der Waals surface area contributed by atoms with Crippen LogP contribution in [0.25, 0.3) is 0 Å². The second-order valence-corrected chi connectivity index (χ2v) is 5.85. The second-order valence-electron chi connectivity index (χ2n) is 5.00. The van der Waals surface area contributed by atoms with Crippen molar-refractivity contribution in [1.82, 2.24) is 5.32 Å². The first-order chi connectivity index (χ1) is 10.1. The number of hydrogen-bond acceptors (Lipinski definition) is 3. The van der Waals surface area contributed by atoms with E-state index in [1.54, 1.807) is 0 Å². The molecule has 116 valence electrons. The molecule has 5 nitrogen and oxygen atoms in total. The predicted octanol–water partition coefficient (Wildman–Crippen LogP) is 0.761. The number of fused-ring (bicyclic) bond motifs is 1. The lowest BCUT2D eigenvalue weighted by Gasteiger charge is -2.22. The molecule has 1 amide bonds. The Morgan fingerprint density at radius 1 is 1.29 bits per heavy atom. The molecular weight excluding hydrogens is 336 g/mol. The number of rotatable bonds is 6. The van der Waals surface area contributed by atoms with Crippen molar-refractivity contribution in [3.8, 4) is 11.5 Å². The van der Waals surface area contributed by atoms with E-state index in [0.717, 1.165) is 34.6 Å². The average Bonchev–Trinajstić information content (AvgIpc) is 2.47. The molecule has 1 aromatic carbocycles. The van der Waals surface area contributed by atoms with Crippen LogP contribution in [-0.2, 0) is 11.3 Å². The zero-order valence-corrected chi connectivity index (χ0v) is 14.1. The molecule has 1 aromatic rings. The van der Waals surface area contributed by atoms with E-state index in [1.165, 1.54) is 4.90 Å². The molecule has 0 fully saturated rings. The minimum atomic E-state index is 0.0861. The monoisotopic (exact) mass is 357 g/mol. The number of quaternary nitrogens is 1. The first-order valence-electron chi connectivity index (χ1n) is 7.32. The van der Waals surface area contributed by atoms with Crippen molar-refractivity contribution in [2.45, 2.75) is 20.4 Å². The van der Waals surface area contributed by atoms with E-state index in [1.807, 2.05) is 19.1 Å². The highest BCUT2D eigenvalue weighted by atomic mass is 79.9. The Balaban J connectivity index is 2.08. The number of likely N-dealkylation sites (N-methyl/N-ethyl adjacent to an activating group) is 2. The van der Waals surface area contributed by atoms with E-state index in [-0.39, 0.29) is 5.91 Å². The summed E-state index contributed by atoms with van der Waals surface area (Å²) in [7, 11) is 0. The fraction of sp³-hybridized carbons (Fsp3) is 0.533. The van der Waals surface area contributed by atoms with Gasteiger partial charge in [0, 0.05) is 16.6 Å². The van der Waals surface area contributed by atoms with Gasteiger partial charge in [0.05, 0.1) is 6.54 Å². The summed E-state index contributed by atoms with van der Waals surface area (Å²) in [6.45, 7) is 7.98. The van der Waals surface area contributed by atoms with Gasteiger partial charge in [0.15, 0.2) is 18.0 Å². The normalized spacial score (nSPS) is 14.6. The van der Waals surface area contributed by atoms with Crippen molar-refractivity contribution >= 4 is 21.8 Å². The molecule has 0 saturated heterocycles. The third kappa shape index (κ3) is 4.35. The highest BCUT2D eigenvalue weighted by molar-refractivity contribution is 9.10. The van der Waals surface area contributed by atoms with Gasteiger partial charge < -0.3 is 19.7 Å². The molecule has 0 bridgehead atoms. The van der Waals surface area contributed by atoms with Crippen LogP contribution in [0.4, 0.5) is 0 Å². The molecule has 21 heavy (non-hydrogen) atoms. The van der Waals surface area contributed by atoms with Gasteiger partial charge in [-0.2, -0.15) is 0 Å². The van der Waals surface area contributed by atoms with E-state index < -0.39 is 0 Å². The summed E-state index contributed by atoms with van der Waals surface area (Å²) in [5.41, 5.74) is 1.13. The molecule has 1 atom stereocenters. The van der Waals surface area contributed by atoms with Gasteiger partial charge in [-0.25, -0.2) is 0 Å². The molecular formula is C15H22BrN2O3+. The number of halogens is 1. The van der Waals surface area contributed by atoms with E-state index in [9.17, 15) is 4.79 Å². The van der Waals surface area contributed by atoms with E-state index in [2.05, 4.69) is 28.2 Å². The molecule has 1 aliphatic rings. The molecule has 1 heterocycles. The van der Waals surface area contributed by atoms with Crippen molar-refractivity contribution in [3.63, 3.8) is 0 Å². The van der Waals surface area contributed by atoms with Gasteiger partial charge >= 0.3 is 0 Å². The minimum absolute atomic E-state index is 0.0861. The van der Waals surface area contributed by atoms with Crippen LogP contribution in [0.1, 0.15) is 19.4 Å². The SMILES string of the molecule is CCNC(=O)C[NH+](CC)Cc1cc2c(cc1Br)OCCO2. The Bertz CT molecular complexity index is 508. The summed E-state index contributed by atoms with van der Waals surface area (Å²) in [5, 5.41) is 2.84. The topological polar surface area (TPSA) is 52.0 Å². The summed E-state index contributed by atoms with van der Waals surface area (Å²) in [4.78, 5) is 12.9. The van der Waals surface area contributed by atoms with Gasteiger partial charge in [0.25, 0.3) is 5.91 Å². The maximum Gasteiger partial charge on any atom is 0.275 e. The number of hydrogen-bond donors (Lipinski definition) is 2. The maximum absolute atomic E-state index is 11.7. The van der Waals surface area contributed by atoms with Crippen molar-refractivity contribution in [2.24, 2.45) is 0 Å². The fourth-order valence-corrected chi connectivity index (χ4v) is 2.77. The molecule has 0 radical (unpaired) electrons. The Labute approximate surface area is 133 Å². The van der Waals surface area contributed by atoms with Crippen LogP contribution in [0.15, 0.2) is 16.6 Å². The molecule has 0 spiro atoms. The van der Waals surface area contributed by atoms with Gasteiger partial charge in [-0.1, -0.05) is 15.9 Å². The van der Waals surface area contributed by atoms with Gasteiger partial charge in [0.2, 0.25) is 0 Å². The Kier molecular flexibility index (Phi) is 5.87. The molecule has 0 saturated carbocycles. The predicted molar refractivity (Wildman–Crippen MR) is 83.9 cm³/mol. The summed E-state index contributed by atoms with van der Waals surface area (Å²) in [5.74, 6) is 1.65. The zero-order valence-electron chi connectivity index (χ0n) is 12.5. The highest BCUT2D eigenvalue weighted by Gasteiger charge is 2.19. The molecule has 1 unspecified atom stereocenters. The Hall–Kier alpha value is -1.27. The van der Waals surface area contributed by atoms with Crippen LogP contribution in [0, 0.1) is 0 Å². The standard InChI is InChI=1S/C15H21BrN2O3/c1-3-17-15(19)10-18(4-2)9-11-7-13-14(8-12(11)16)21-6-5-20-13/h7-8H,3-6,9-10H2,1-2H3,(H,17,19)/p+1. The van der Waals surface area contributed by atoms with E-state index in [0.29, 0.717) is 26.3 Å². The number of nitrogens with one attached hydrogen (secondary N) is 2. The molecule has 2 N–H and O–H groups in total. The van der Waals surface area contributed by atoms with E-state index in [4.69, 9.17) is 9.47 Å². The lowest BCUT2D eigenvalue weighted by molar-refractivity contribution is -0.904. The number of ether oxygens (including phenoxy) is 2. The van der Waals surface area contributed by atoms with E-state index >= 15 is 0 Å². The third-order valence-corrected chi connectivity index (χ3v) is 4.17. The van der Waals surface area contributed by atoms with Crippen LogP contribution in [0.2, 0.25) is 0 Å². The number of carbonyl (C=O) groups is 1. The Morgan fingerprint density at radius 3 is 2.57 bits per heavy atom. The largest absolute Gasteiger partial charge is 0.486 e. The van der Waals surface area contributed by atoms with Crippen molar-refractivity contribution < 1.29 is 19.2 Å². The van der Waals surface area contributed by atoms with Gasteiger partial charge in [0.1, 0.15) is 19.8 Å². The molecule has 6 heteroatoms. The van der Waals surface area contributed by atoms with Crippen molar-refractivity contribution in [1.29, 1.82) is 0 Å². The highest BCUT2D eigenvalue weighted by Crippen LogP contribution is 2.35. The molecule has 0 aromatic heterocycles. The number of amides is 1. The number of benzene rings is 1. The molecule has 0 aliphatic carbocycles. The minimum Gasteiger partial charge on any atom is -0.486 e. The Morgan fingerprint density at radius 2 is 1.95 bits per heavy atom. The quantitative estimate of drug-likeness (QED) is 0.790. The third-order valence-electron chi connectivity index (χ3n) is 3.44. The van der Waals surface area contributed by atoms with Gasteiger partial charge in [-0.15, -0.1) is 0 Å². The van der Waals surface area contributed by atoms with Crippen molar-refractivity contribution in [2.75, 3.05) is 32.8 Å². The van der Waals surface area contributed by atoms with Gasteiger partial charge in [-0.3, -0.25) is 4.79 Å². The summed E-state index contributed by atoms with van der Waals surface area (Å²) in [6.07, 6.45) is 0. The maximum atomic E-state index is 11.7. The summed E-state index contributed by atoms with van der Waals surface area (Å²) in [6, 6.07) is 3.95. The lowest BCUT2D eigenvalue weighted by atomic mass is 10.1. The lowest BCUT2D eigenvalue weighted by Crippen LogP contribution is -3.11. The summed E-state index contributed by atoms with van der Waals surface area (Å²) < 4.78 is 12.2. The van der Waals surface area contributed by atoms with Crippen LogP contribution in [0.3, 0.4) is 0 Å². The van der Waals surface area contributed by atoms with Crippen LogP contribution in [-0.4, -0.2) is 38.8 Å². The number of carbonyl (C=O) groups excluding carboxylic acids is 1. The van der Waals surface area contributed by atoms with Crippen LogP contribution in [0.5, 0.6) is 11.5 Å². The first-order valence-corrected chi connectivity index (χ1v) is 8.11. The molecule has 1 aliphatic heterocycles. The average molecular weight is 358 g/mol. The van der Waals surface area contributed by atoms with Crippen LogP contribution >= 0.6 is 15.9 Å².